The summed E-state index contributed by atoms with van der Waals surface area (Å²) in [6.45, 7) is 3.56. The number of benzene rings is 1. The van der Waals surface area contributed by atoms with Crippen molar-refractivity contribution in [3.05, 3.63) is 41.5 Å². The highest BCUT2D eigenvalue weighted by atomic mass is 127. The number of rotatable bonds is 7. The number of aromatic nitrogens is 3. The van der Waals surface area contributed by atoms with Crippen LogP contribution in [0.2, 0.25) is 0 Å². The normalized spacial score (nSPS) is 15.5. The molecule has 1 unspecified atom stereocenters. The van der Waals surface area contributed by atoms with Gasteiger partial charge in [0, 0.05) is 27.2 Å². The van der Waals surface area contributed by atoms with Gasteiger partial charge in [0.05, 0.1) is 13.2 Å². The third-order valence-electron chi connectivity index (χ3n) is 5.03. The number of carbonyl (C=O) groups excluding carboxylic acids is 1. The zero-order valence-corrected chi connectivity index (χ0v) is 20.9. The van der Waals surface area contributed by atoms with E-state index in [1.165, 1.54) is 5.56 Å². The van der Waals surface area contributed by atoms with Crippen molar-refractivity contribution in [1.82, 2.24) is 30.3 Å². The van der Waals surface area contributed by atoms with Crippen LogP contribution in [0.1, 0.15) is 36.1 Å². The summed E-state index contributed by atoms with van der Waals surface area (Å²) in [5, 5.41) is 11.3. The molecule has 1 aliphatic heterocycles. The molecule has 170 valence electrons. The lowest BCUT2D eigenvalue weighted by molar-refractivity contribution is -0.127. The van der Waals surface area contributed by atoms with Crippen molar-refractivity contribution in [3.8, 4) is 5.75 Å². The molecule has 0 saturated carbocycles. The highest BCUT2D eigenvalue weighted by Crippen LogP contribution is 2.22. The van der Waals surface area contributed by atoms with Gasteiger partial charge in [-0.3, -0.25) is 4.79 Å². The van der Waals surface area contributed by atoms with Gasteiger partial charge in [0.1, 0.15) is 23.9 Å². The molecule has 1 aromatic carbocycles. The van der Waals surface area contributed by atoms with E-state index in [4.69, 9.17) is 4.74 Å². The van der Waals surface area contributed by atoms with Crippen LogP contribution < -0.4 is 15.4 Å². The van der Waals surface area contributed by atoms with Gasteiger partial charge in [-0.1, -0.05) is 12.1 Å². The van der Waals surface area contributed by atoms with Gasteiger partial charge < -0.3 is 20.3 Å². The van der Waals surface area contributed by atoms with Crippen LogP contribution in [-0.2, 0) is 17.8 Å². The largest absolute Gasteiger partial charge is 0.497 e. The quantitative estimate of drug-likeness (QED) is 0.316. The third-order valence-corrected chi connectivity index (χ3v) is 5.03. The average molecular weight is 541 g/mol. The molecule has 0 bridgehead atoms. The molecular weight excluding hydrogens is 509 g/mol. The lowest BCUT2D eigenvalue weighted by Crippen LogP contribution is -2.43. The molecule has 9 nitrogen and oxygen atoms in total. The molecule has 1 aromatic heterocycles. The number of aryl methyl sites for hydroxylation is 2. The SMILES string of the molecule is COc1ccc(CCNC(=NCC(=O)N(C)C)NC2CCCn3nc(C)nc32)cc1.I. The van der Waals surface area contributed by atoms with E-state index in [0.717, 1.165) is 43.2 Å². The second kappa shape index (κ2) is 11.9. The van der Waals surface area contributed by atoms with Crippen molar-refractivity contribution < 1.29 is 9.53 Å². The molecule has 10 heteroatoms. The first-order chi connectivity index (χ1) is 14.5. The van der Waals surface area contributed by atoms with E-state index in [2.05, 4.69) is 25.7 Å². The second-order valence-electron chi connectivity index (χ2n) is 7.56. The first-order valence-corrected chi connectivity index (χ1v) is 10.3. The molecule has 0 saturated heterocycles. The van der Waals surface area contributed by atoms with Crippen LogP contribution in [0.4, 0.5) is 0 Å². The lowest BCUT2D eigenvalue weighted by Gasteiger charge is -2.25. The monoisotopic (exact) mass is 541 g/mol. The predicted molar refractivity (Wildman–Crippen MR) is 131 cm³/mol. The van der Waals surface area contributed by atoms with Crippen molar-refractivity contribution in [1.29, 1.82) is 0 Å². The number of nitrogens with zero attached hydrogens (tertiary/aromatic N) is 5. The Morgan fingerprint density at radius 1 is 1.32 bits per heavy atom. The molecule has 3 rings (SSSR count). The summed E-state index contributed by atoms with van der Waals surface area (Å²) < 4.78 is 7.16. The molecule has 1 aliphatic rings. The van der Waals surface area contributed by atoms with Gasteiger partial charge in [-0.25, -0.2) is 14.7 Å². The Morgan fingerprint density at radius 2 is 2.06 bits per heavy atom. The molecule has 2 aromatic rings. The van der Waals surface area contributed by atoms with E-state index < -0.39 is 0 Å². The number of likely N-dealkylation sites (N-methyl/N-ethyl adjacent to an activating group) is 1. The predicted octanol–water partition coefficient (Wildman–Crippen LogP) is 1.91. The Bertz CT molecular complexity index is 880. The standard InChI is InChI=1S/C21H31N7O2.HI/c1-15-24-20-18(6-5-13-28(20)26-15)25-21(23-14-19(29)27(2)3)22-12-11-16-7-9-17(30-4)10-8-16;/h7-10,18H,5-6,11-14H2,1-4H3,(H2,22,23,25);1H. The van der Waals surface area contributed by atoms with Crippen LogP contribution in [0.3, 0.4) is 0 Å². The van der Waals surface area contributed by atoms with Gasteiger partial charge in [0.2, 0.25) is 5.91 Å². The molecular formula is C21H32IN7O2. The minimum absolute atomic E-state index is 0. The first kappa shape index (κ1) is 24.9. The number of guanidine groups is 1. The van der Waals surface area contributed by atoms with E-state index >= 15 is 0 Å². The zero-order chi connectivity index (χ0) is 21.5. The van der Waals surface area contributed by atoms with Gasteiger partial charge in [0.25, 0.3) is 0 Å². The smallest absolute Gasteiger partial charge is 0.243 e. The number of fused-ring (bicyclic) bond motifs is 1. The van der Waals surface area contributed by atoms with Crippen molar-refractivity contribution in [2.75, 3.05) is 34.3 Å². The number of carbonyl (C=O) groups is 1. The molecule has 31 heavy (non-hydrogen) atoms. The number of amides is 1. The van der Waals surface area contributed by atoms with E-state index in [1.807, 2.05) is 35.9 Å². The molecule has 2 N–H and O–H groups in total. The van der Waals surface area contributed by atoms with Crippen molar-refractivity contribution in [2.45, 2.75) is 38.8 Å². The summed E-state index contributed by atoms with van der Waals surface area (Å²) in [7, 11) is 5.12. The average Bonchev–Trinajstić information content (AvgIpc) is 3.13. The summed E-state index contributed by atoms with van der Waals surface area (Å²) in [5.41, 5.74) is 1.19. The molecule has 0 fully saturated rings. The second-order valence-corrected chi connectivity index (χ2v) is 7.56. The Kier molecular flexibility index (Phi) is 9.53. The van der Waals surface area contributed by atoms with E-state index in [9.17, 15) is 4.79 Å². The van der Waals surface area contributed by atoms with E-state index in [-0.39, 0.29) is 42.5 Å². The van der Waals surface area contributed by atoms with Gasteiger partial charge in [-0.05, 0) is 43.9 Å². The first-order valence-electron chi connectivity index (χ1n) is 10.3. The highest BCUT2D eigenvalue weighted by Gasteiger charge is 2.24. The minimum atomic E-state index is -0.0473. The van der Waals surface area contributed by atoms with Gasteiger partial charge in [-0.2, -0.15) is 5.10 Å². The molecule has 0 aliphatic carbocycles. The Hall–Kier alpha value is -2.37. The maximum atomic E-state index is 12.0. The molecule has 1 amide bonds. The number of methoxy groups -OCH3 is 1. The van der Waals surface area contributed by atoms with Crippen LogP contribution in [0.5, 0.6) is 5.75 Å². The summed E-state index contributed by atoms with van der Waals surface area (Å²) in [5.74, 6) is 3.09. The van der Waals surface area contributed by atoms with Crippen molar-refractivity contribution in [3.63, 3.8) is 0 Å². The van der Waals surface area contributed by atoms with Crippen molar-refractivity contribution in [2.24, 2.45) is 4.99 Å². The minimum Gasteiger partial charge on any atom is -0.497 e. The number of hydrogen-bond acceptors (Lipinski definition) is 5. The van der Waals surface area contributed by atoms with Crippen LogP contribution >= 0.6 is 24.0 Å². The lowest BCUT2D eigenvalue weighted by atomic mass is 10.1. The number of hydrogen-bond donors (Lipinski definition) is 2. The summed E-state index contributed by atoms with van der Waals surface area (Å²) in [6.07, 6.45) is 2.79. The fourth-order valence-corrected chi connectivity index (χ4v) is 3.33. The van der Waals surface area contributed by atoms with Crippen LogP contribution in [0, 0.1) is 6.92 Å². The van der Waals surface area contributed by atoms with Crippen LogP contribution in [-0.4, -0.2) is 65.8 Å². The van der Waals surface area contributed by atoms with Crippen LogP contribution in [0.15, 0.2) is 29.3 Å². The molecule has 2 heterocycles. The van der Waals surface area contributed by atoms with Crippen molar-refractivity contribution >= 4 is 35.8 Å². The topological polar surface area (TPSA) is 96.7 Å². The number of halogens is 1. The molecule has 0 radical (unpaired) electrons. The van der Waals surface area contributed by atoms with E-state index in [0.29, 0.717) is 12.5 Å². The van der Waals surface area contributed by atoms with Gasteiger partial charge in [0.15, 0.2) is 5.96 Å². The maximum absolute atomic E-state index is 12.0. The number of nitrogens with one attached hydrogen (secondary N) is 2. The van der Waals surface area contributed by atoms with Gasteiger partial charge >= 0.3 is 0 Å². The maximum Gasteiger partial charge on any atom is 0.243 e. The fraction of sp³-hybridized carbons (Fsp3) is 0.524. The number of aliphatic imine (C=N–C) groups is 1. The summed E-state index contributed by atoms with van der Waals surface area (Å²) >= 11 is 0. The fourth-order valence-electron chi connectivity index (χ4n) is 3.33. The van der Waals surface area contributed by atoms with E-state index in [1.54, 1.807) is 26.1 Å². The Balaban J connectivity index is 0.00000341. The molecule has 0 spiro atoms. The summed E-state index contributed by atoms with van der Waals surface area (Å²) in [6, 6.07) is 8.02. The number of ether oxygens (including phenoxy) is 1. The van der Waals surface area contributed by atoms with Gasteiger partial charge in [-0.15, -0.1) is 24.0 Å². The Labute approximate surface area is 200 Å². The third kappa shape index (κ3) is 7.08. The zero-order valence-electron chi connectivity index (χ0n) is 18.6. The Morgan fingerprint density at radius 3 is 2.74 bits per heavy atom. The van der Waals surface area contributed by atoms with Crippen LogP contribution in [0.25, 0.3) is 0 Å². The highest BCUT2D eigenvalue weighted by molar-refractivity contribution is 14.0. The molecule has 1 atom stereocenters. The summed E-state index contributed by atoms with van der Waals surface area (Å²) in [4.78, 5) is 22.6.